The summed E-state index contributed by atoms with van der Waals surface area (Å²) in [6.45, 7) is 4.68. The maximum absolute atomic E-state index is 12.6. The van der Waals surface area contributed by atoms with Gasteiger partial charge in [0.25, 0.3) is 5.56 Å². The maximum Gasteiger partial charge on any atom is 0.329 e. The first kappa shape index (κ1) is 26.2. The molecule has 0 radical (unpaired) electrons. The highest BCUT2D eigenvalue weighted by molar-refractivity contribution is 5.99. The number of phenolic OH excluding ortho intramolecular Hbond substituents is 1. The van der Waals surface area contributed by atoms with Crippen LogP contribution in [0.2, 0.25) is 0 Å². The zero-order valence-corrected chi connectivity index (χ0v) is 21.1. The molecule has 0 spiro atoms. The van der Waals surface area contributed by atoms with Crippen LogP contribution in [0.1, 0.15) is 83.6 Å². The fourth-order valence-corrected chi connectivity index (χ4v) is 4.20. The normalized spacial score (nSPS) is 11.9. The van der Waals surface area contributed by atoms with Crippen molar-refractivity contribution in [3.63, 3.8) is 0 Å². The number of nitrogens with one attached hydrogen (secondary N) is 2. The second-order valence-electron chi connectivity index (χ2n) is 9.12. The van der Waals surface area contributed by atoms with Crippen molar-refractivity contribution >= 4 is 22.8 Å². The second-order valence-corrected chi connectivity index (χ2v) is 9.12. The van der Waals surface area contributed by atoms with Gasteiger partial charge in [-0.25, -0.2) is 10.2 Å². The zero-order chi connectivity index (χ0) is 25.2. The average molecular weight is 483 g/mol. The number of benzene rings is 1. The lowest BCUT2D eigenvalue weighted by Crippen LogP contribution is -2.29. The molecule has 3 rings (SSSR count). The molecule has 1 aromatic carbocycles. The van der Waals surface area contributed by atoms with Crippen molar-refractivity contribution < 1.29 is 5.11 Å². The molecule has 3 N–H and O–H groups in total. The summed E-state index contributed by atoms with van der Waals surface area (Å²) in [5.41, 5.74) is 4.27. The number of hydrogen-bond donors (Lipinski definition) is 3. The summed E-state index contributed by atoms with van der Waals surface area (Å²) in [6.07, 6.45) is 12.2. The molecule has 0 atom stereocenters. The topological polar surface area (TPSA) is 117 Å². The fourth-order valence-electron chi connectivity index (χ4n) is 4.20. The molecule has 9 nitrogen and oxygen atoms in total. The molecule has 0 bridgehead atoms. The van der Waals surface area contributed by atoms with Crippen LogP contribution < -0.4 is 16.7 Å². The molecule has 0 saturated heterocycles. The maximum atomic E-state index is 12.6. The van der Waals surface area contributed by atoms with Crippen molar-refractivity contribution in [3.05, 3.63) is 50.7 Å². The van der Waals surface area contributed by atoms with Crippen molar-refractivity contribution in [1.29, 1.82) is 0 Å². The van der Waals surface area contributed by atoms with Crippen LogP contribution in [0.25, 0.3) is 11.2 Å². The van der Waals surface area contributed by atoms with Gasteiger partial charge in [0.1, 0.15) is 5.75 Å². The zero-order valence-electron chi connectivity index (χ0n) is 21.1. The smallest absolute Gasteiger partial charge is 0.329 e. The number of aryl methyl sites for hydroxylation is 2. The van der Waals surface area contributed by atoms with Gasteiger partial charge in [-0.1, -0.05) is 64.7 Å². The van der Waals surface area contributed by atoms with Gasteiger partial charge in [0.15, 0.2) is 11.2 Å². The van der Waals surface area contributed by atoms with Crippen molar-refractivity contribution in [2.75, 3.05) is 5.43 Å². The molecule has 190 valence electrons. The predicted octanol–water partition coefficient (Wildman–Crippen LogP) is 4.89. The van der Waals surface area contributed by atoms with Crippen molar-refractivity contribution in [3.8, 4) is 5.75 Å². The van der Waals surface area contributed by atoms with E-state index in [-0.39, 0.29) is 5.75 Å². The largest absolute Gasteiger partial charge is 0.508 e. The van der Waals surface area contributed by atoms with Gasteiger partial charge in [0, 0.05) is 13.6 Å². The third kappa shape index (κ3) is 7.07. The Hall–Kier alpha value is -3.36. The molecule has 3 aromatic rings. The van der Waals surface area contributed by atoms with E-state index in [0.29, 0.717) is 29.4 Å². The van der Waals surface area contributed by atoms with Gasteiger partial charge in [-0.15, -0.1) is 0 Å². The Labute approximate surface area is 205 Å². The SMILES string of the molecule is CCCCCCCCCCCCn1c(NN=C(C)c2ccc(O)cc2)nc2c1c(=O)[nH]c(=O)n2C. The minimum absolute atomic E-state index is 0.188. The van der Waals surface area contributed by atoms with Crippen molar-refractivity contribution in [1.82, 2.24) is 19.1 Å². The van der Waals surface area contributed by atoms with E-state index in [0.717, 1.165) is 24.8 Å². The van der Waals surface area contributed by atoms with E-state index in [2.05, 4.69) is 27.4 Å². The van der Waals surface area contributed by atoms with Gasteiger partial charge in [-0.2, -0.15) is 10.1 Å². The van der Waals surface area contributed by atoms with Crippen LogP contribution >= 0.6 is 0 Å². The molecule has 0 saturated carbocycles. The number of aromatic amines is 1. The van der Waals surface area contributed by atoms with E-state index in [4.69, 9.17) is 0 Å². The van der Waals surface area contributed by atoms with Gasteiger partial charge in [-0.3, -0.25) is 14.3 Å². The van der Waals surface area contributed by atoms with Gasteiger partial charge in [0.05, 0.1) is 5.71 Å². The first-order valence-electron chi connectivity index (χ1n) is 12.7. The summed E-state index contributed by atoms with van der Waals surface area (Å²) in [7, 11) is 1.59. The van der Waals surface area contributed by atoms with Crippen LogP contribution in [-0.4, -0.2) is 29.9 Å². The van der Waals surface area contributed by atoms with Crippen LogP contribution in [0.4, 0.5) is 5.95 Å². The minimum Gasteiger partial charge on any atom is -0.508 e. The Kier molecular flexibility index (Phi) is 9.69. The quantitative estimate of drug-likeness (QED) is 0.172. The van der Waals surface area contributed by atoms with Crippen molar-refractivity contribution in [2.45, 2.75) is 84.6 Å². The highest BCUT2D eigenvalue weighted by Gasteiger charge is 2.17. The summed E-state index contributed by atoms with van der Waals surface area (Å²) in [4.78, 5) is 31.6. The molecule has 0 aliphatic carbocycles. The molecular formula is C26H38N6O3. The molecule has 2 aromatic heterocycles. The number of hydrazone groups is 1. The second kappa shape index (κ2) is 12.9. The Morgan fingerprint density at radius 3 is 2.23 bits per heavy atom. The van der Waals surface area contributed by atoms with E-state index < -0.39 is 11.2 Å². The number of H-pyrrole nitrogens is 1. The molecule has 2 heterocycles. The monoisotopic (exact) mass is 482 g/mol. The van der Waals surface area contributed by atoms with E-state index in [1.165, 1.54) is 49.5 Å². The van der Waals surface area contributed by atoms with Crippen LogP contribution in [0.5, 0.6) is 5.75 Å². The fraction of sp³-hybridized carbons (Fsp3) is 0.538. The first-order valence-corrected chi connectivity index (χ1v) is 12.7. The van der Waals surface area contributed by atoms with Gasteiger partial charge in [0.2, 0.25) is 5.95 Å². The van der Waals surface area contributed by atoms with E-state index in [1.807, 2.05) is 11.5 Å². The molecule has 35 heavy (non-hydrogen) atoms. The van der Waals surface area contributed by atoms with Crippen LogP contribution in [0, 0.1) is 0 Å². The lowest BCUT2D eigenvalue weighted by molar-refractivity contribution is 0.475. The first-order chi connectivity index (χ1) is 16.9. The summed E-state index contributed by atoms with van der Waals surface area (Å²) >= 11 is 0. The number of aromatic hydroxyl groups is 1. The molecule has 0 amide bonds. The number of hydrogen-bond acceptors (Lipinski definition) is 6. The number of unbranched alkanes of at least 4 members (excludes halogenated alkanes) is 9. The number of phenols is 1. The molecule has 0 aliphatic heterocycles. The summed E-state index contributed by atoms with van der Waals surface area (Å²) in [5, 5.41) is 13.9. The lowest BCUT2D eigenvalue weighted by Gasteiger charge is -2.09. The number of aromatic nitrogens is 4. The molecule has 0 aliphatic rings. The Morgan fingerprint density at radius 2 is 1.60 bits per heavy atom. The average Bonchev–Trinajstić information content (AvgIpc) is 3.21. The Bertz CT molecular complexity index is 1240. The number of imidazole rings is 1. The summed E-state index contributed by atoms with van der Waals surface area (Å²) in [6, 6.07) is 6.75. The number of fused-ring (bicyclic) bond motifs is 1. The van der Waals surface area contributed by atoms with Gasteiger partial charge < -0.3 is 9.67 Å². The Balaban J connectivity index is 1.69. The highest BCUT2D eigenvalue weighted by Crippen LogP contribution is 2.18. The van der Waals surface area contributed by atoms with E-state index in [9.17, 15) is 14.7 Å². The van der Waals surface area contributed by atoms with E-state index >= 15 is 0 Å². The number of rotatable bonds is 14. The number of anilines is 1. The number of nitrogens with zero attached hydrogens (tertiary/aromatic N) is 4. The lowest BCUT2D eigenvalue weighted by atomic mass is 10.1. The van der Waals surface area contributed by atoms with Crippen molar-refractivity contribution in [2.24, 2.45) is 12.1 Å². The standard InChI is InChI=1S/C26H38N6O3/c1-4-5-6-7-8-9-10-11-12-13-18-32-22-23(31(3)26(35)28-24(22)34)27-25(32)30-29-19(2)20-14-16-21(33)17-15-20/h14-17,33H,4-13,18H2,1-3H3,(H,27,30)(H,28,34,35). The summed E-state index contributed by atoms with van der Waals surface area (Å²) in [5.74, 6) is 0.605. The van der Waals surface area contributed by atoms with Gasteiger partial charge >= 0.3 is 5.69 Å². The Morgan fingerprint density at radius 1 is 1.00 bits per heavy atom. The highest BCUT2D eigenvalue weighted by atomic mass is 16.3. The molecular weight excluding hydrogens is 444 g/mol. The van der Waals surface area contributed by atoms with E-state index in [1.54, 1.807) is 31.3 Å². The minimum atomic E-state index is -0.499. The van der Waals surface area contributed by atoms with Crippen LogP contribution in [0.3, 0.4) is 0 Å². The van der Waals surface area contributed by atoms with Crippen LogP contribution in [0.15, 0.2) is 39.0 Å². The molecule has 0 unspecified atom stereocenters. The third-order valence-electron chi connectivity index (χ3n) is 6.35. The molecule has 9 heteroatoms. The predicted molar refractivity (Wildman–Crippen MR) is 141 cm³/mol. The van der Waals surface area contributed by atoms with Crippen LogP contribution in [-0.2, 0) is 13.6 Å². The summed E-state index contributed by atoms with van der Waals surface area (Å²) < 4.78 is 3.15. The van der Waals surface area contributed by atoms with Gasteiger partial charge in [-0.05, 0) is 43.2 Å². The third-order valence-corrected chi connectivity index (χ3v) is 6.35. The molecule has 0 fully saturated rings.